The van der Waals surface area contributed by atoms with Crippen LogP contribution in [0.25, 0.3) is 0 Å². The first-order valence-corrected chi connectivity index (χ1v) is 5.68. The molecule has 90 valence electrons. The number of nitrogen functional groups attached to an aromatic ring is 1. The molecule has 1 saturated heterocycles. The Morgan fingerprint density at radius 1 is 1.44 bits per heavy atom. The molecule has 0 saturated carbocycles. The summed E-state index contributed by atoms with van der Waals surface area (Å²) in [6.07, 6.45) is 0.241. The fourth-order valence-electron chi connectivity index (χ4n) is 2.20. The molecular weight excluding hydrogens is 204 g/mol. The molecule has 0 radical (unpaired) electrons. The summed E-state index contributed by atoms with van der Waals surface area (Å²) in [6, 6.07) is 0.341. The Hall–Kier alpha value is -1.23. The maximum absolute atomic E-state index is 6.08. The van der Waals surface area contributed by atoms with E-state index < -0.39 is 0 Å². The van der Waals surface area contributed by atoms with Crippen molar-refractivity contribution in [2.45, 2.75) is 32.9 Å². The van der Waals surface area contributed by atoms with Crippen molar-refractivity contribution in [3.63, 3.8) is 0 Å². The summed E-state index contributed by atoms with van der Waals surface area (Å²) >= 11 is 0. The summed E-state index contributed by atoms with van der Waals surface area (Å²) in [5.41, 5.74) is 7.75. The van der Waals surface area contributed by atoms with Crippen molar-refractivity contribution in [1.29, 1.82) is 0 Å². The fourth-order valence-corrected chi connectivity index (χ4v) is 2.20. The zero-order chi connectivity index (χ0) is 11.9. The average Bonchev–Trinajstić information content (AvgIpc) is 2.46. The van der Waals surface area contributed by atoms with E-state index in [1.165, 1.54) is 0 Å². The van der Waals surface area contributed by atoms with Gasteiger partial charge in [0.25, 0.3) is 0 Å². The highest BCUT2D eigenvalue weighted by atomic mass is 16.5. The van der Waals surface area contributed by atoms with E-state index in [1.54, 1.807) is 0 Å². The number of rotatable bonds is 1. The van der Waals surface area contributed by atoms with Crippen molar-refractivity contribution in [2.24, 2.45) is 7.05 Å². The minimum Gasteiger partial charge on any atom is -0.394 e. The Kier molecular flexibility index (Phi) is 2.80. The lowest BCUT2D eigenvalue weighted by atomic mass is 10.2. The van der Waals surface area contributed by atoms with Crippen molar-refractivity contribution in [3.05, 3.63) is 5.69 Å². The van der Waals surface area contributed by atoms with Crippen LogP contribution in [0.3, 0.4) is 0 Å². The van der Waals surface area contributed by atoms with E-state index in [4.69, 9.17) is 10.5 Å². The predicted molar refractivity (Wildman–Crippen MR) is 64.6 cm³/mol. The number of anilines is 2. The van der Waals surface area contributed by atoms with E-state index in [2.05, 4.69) is 23.8 Å². The molecule has 1 fully saturated rings. The Morgan fingerprint density at radius 3 is 2.69 bits per heavy atom. The number of nitrogens with zero attached hydrogens (tertiary/aromatic N) is 3. The molecule has 16 heavy (non-hydrogen) atoms. The van der Waals surface area contributed by atoms with Gasteiger partial charge in [-0.05, 0) is 20.8 Å². The van der Waals surface area contributed by atoms with E-state index in [-0.39, 0.29) is 6.10 Å². The molecule has 1 aliphatic heterocycles. The van der Waals surface area contributed by atoms with Gasteiger partial charge in [-0.15, -0.1) is 0 Å². The molecule has 2 heterocycles. The standard InChI is InChI=1S/C11H20N4O/c1-7-6-16-8(2)5-15(7)11-10(12)9(3)13-14(11)4/h7-8H,5-6,12H2,1-4H3. The van der Waals surface area contributed by atoms with Gasteiger partial charge in [-0.2, -0.15) is 5.10 Å². The lowest BCUT2D eigenvalue weighted by Crippen LogP contribution is -2.48. The first-order valence-electron chi connectivity index (χ1n) is 5.68. The van der Waals surface area contributed by atoms with Crippen LogP contribution in [-0.4, -0.2) is 35.1 Å². The van der Waals surface area contributed by atoms with Crippen LogP contribution in [0.15, 0.2) is 0 Å². The molecule has 2 unspecified atom stereocenters. The second kappa shape index (κ2) is 3.97. The van der Waals surface area contributed by atoms with Crippen LogP contribution in [0.1, 0.15) is 19.5 Å². The summed E-state index contributed by atoms with van der Waals surface area (Å²) in [5.74, 6) is 1.01. The molecule has 2 atom stereocenters. The summed E-state index contributed by atoms with van der Waals surface area (Å²) < 4.78 is 7.48. The average molecular weight is 224 g/mol. The molecule has 2 N–H and O–H groups in total. The number of morpholine rings is 1. The summed E-state index contributed by atoms with van der Waals surface area (Å²) in [6.45, 7) is 7.77. The molecule has 0 aromatic carbocycles. The minimum atomic E-state index is 0.241. The zero-order valence-electron chi connectivity index (χ0n) is 10.4. The van der Waals surface area contributed by atoms with E-state index in [0.29, 0.717) is 6.04 Å². The van der Waals surface area contributed by atoms with Crippen LogP contribution in [-0.2, 0) is 11.8 Å². The molecule has 5 nitrogen and oxygen atoms in total. The molecule has 0 bridgehead atoms. The molecule has 0 spiro atoms. The van der Waals surface area contributed by atoms with Crippen LogP contribution in [0.5, 0.6) is 0 Å². The van der Waals surface area contributed by atoms with Crippen LogP contribution in [0.4, 0.5) is 11.5 Å². The van der Waals surface area contributed by atoms with Gasteiger partial charge in [-0.25, -0.2) is 0 Å². The third-order valence-electron chi connectivity index (χ3n) is 3.12. The molecule has 1 aliphatic rings. The number of aromatic nitrogens is 2. The summed E-state index contributed by atoms with van der Waals surface area (Å²) in [4.78, 5) is 2.28. The third-order valence-corrected chi connectivity index (χ3v) is 3.12. The van der Waals surface area contributed by atoms with Crippen molar-refractivity contribution >= 4 is 11.5 Å². The highest BCUT2D eigenvalue weighted by Gasteiger charge is 2.27. The number of nitrogens with two attached hydrogens (primary N) is 1. The highest BCUT2D eigenvalue weighted by Crippen LogP contribution is 2.29. The Morgan fingerprint density at radius 2 is 2.12 bits per heavy atom. The summed E-state index contributed by atoms with van der Waals surface area (Å²) in [5, 5.41) is 4.35. The molecule has 0 aliphatic carbocycles. The van der Waals surface area contributed by atoms with Crippen LogP contribution in [0.2, 0.25) is 0 Å². The van der Waals surface area contributed by atoms with E-state index in [1.807, 2.05) is 18.7 Å². The molecular formula is C11H20N4O. The third kappa shape index (κ3) is 1.75. The smallest absolute Gasteiger partial charge is 0.150 e. The maximum atomic E-state index is 6.08. The largest absolute Gasteiger partial charge is 0.394 e. The van der Waals surface area contributed by atoms with Crippen molar-refractivity contribution in [2.75, 3.05) is 23.8 Å². The number of hydrogen-bond acceptors (Lipinski definition) is 4. The van der Waals surface area contributed by atoms with Crippen molar-refractivity contribution in [3.8, 4) is 0 Å². The van der Waals surface area contributed by atoms with Gasteiger partial charge in [0.2, 0.25) is 0 Å². The molecule has 0 amide bonds. The summed E-state index contributed by atoms with van der Waals surface area (Å²) in [7, 11) is 1.94. The van der Waals surface area contributed by atoms with Gasteiger partial charge in [0, 0.05) is 13.6 Å². The van der Waals surface area contributed by atoms with E-state index in [9.17, 15) is 0 Å². The topological polar surface area (TPSA) is 56.3 Å². The lowest BCUT2D eigenvalue weighted by molar-refractivity contribution is 0.0338. The SMILES string of the molecule is Cc1nn(C)c(N2CC(C)OCC2C)c1N. The van der Waals surface area contributed by atoms with Gasteiger partial charge < -0.3 is 15.4 Å². The maximum Gasteiger partial charge on any atom is 0.150 e. The van der Waals surface area contributed by atoms with Crippen LogP contribution < -0.4 is 10.6 Å². The Labute approximate surface area is 96.2 Å². The van der Waals surface area contributed by atoms with Gasteiger partial charge in [-0.1, -0.05) is 0 Å². The predicted octanol–water partition coefficient (Wildman–Crippen LogP) is 0.924. The minimum absolute atomic E-state index is 0.241. The Balaban J connectivity index is 2.34. The molecule has 2 rings (SSSR count). The van der Waals surface area contributed by atoms with Crippen molar-refractivity contribution in [1.82, 2.24) is 9.78 Å². The van der Waals surface area contributed by atoms with E-state index in [0.717, 1.165) is 30.4 Å². The van der Waals surface area contributed by atoms with Gasteiger partial charge >= 0.3 is 0 Å². The van der Waals surface area contributed by atoms with Gasteiger partial charge in [0.1, 0.15) is 0 Å². The highest BCUT2D eigenvalue weighted by molar-refractivity contribution is 5.66. The number of aryl methyl sites for hydroxylation is 2. The van der Waals surface area contributed by atoms with Gasteiger partial charge in [0.15, 0.2) is 5.82 Å². The second-order valence-corrected chi connectivity index (χ2v) is 4.59. The first kappa shape index (κ1) is 11.3. The zero-order valence-corrected chi connectivity index (χ0v) is 10.4. The molecule has 1 aromatic heterocycles. The number of ether oxygens (including phenoxy) is 1. The monoisotopic (exact) mass is 224 g/mol. The number of hydrogen-bond donors (Lipinski definition) is 1. The van der Waals surface area contributed by atoms with Crippen LogP contribution >= 0.6 is 0 Å². The molecule has 1 aromatic rings. The first-order chi connectivity index (χ1) is 7.50. The van der Waals surface area contributed by atoms with Gasteiger partial charge in [0.05, 0.1) is 30.1 Å². The Bertz CT molecular complexity index is 388. The van der Waals surface area contributed by atoms with E-state index >= 15 is 0 Å². The van der Waals surface area contributed by atoms with Crippen molar-refractivity contribution < 1.29 is 4.74 Å². The van der Waals surface area contributed by atoms with Gasteiger partial charge in [-0.3, -0.25) is 4.68 Å². The fraction of sp³-hybridized carbons (Fsp3) is 0.727. The lowest BCUT2D eigenvalue weighted by Gasteiger charge is -2.38. The molecule has 5 heteroatoms. The normalized spacial score (nSPS) is 26.1. The quantitative estimate of drug-likeness (QED) is 0.771. The van der Waals surface area contributed by atoms with Crippen LogP contribution in [0, 0.1) is 6.92 Å². The second-order valence-electron chi connectivity index (χ2n) is 4.59.